The standard InChI is InChI=1S/C17H27N/c1-14-9-15(2)11-16(10-14)12-17(13-18-3)7-5-4-6-8-17/h9-11,18H,4-8,12-13H2,1-3H3. The molecule has 1 aromatic rings. The van der Waals surface area contributed by atoms with Gasteiger partial charge in [0.2, 0.25) is 0 Å². The molecule has 1 fully saturated rings. The fraction of sp³-hybridized carbons (Fsp3) is 0.647. The van der Waals surface area contributed by atoms with Gasteiger partial charge in [0.1, 0.15) is 0 Å². The molecule has 0 unspecified atom stereocenters. The molecular weight excluding hydrogens is 218 g/mol. The summed E-state index contributed by atoms with van der Waals surface area (Å²) in [6, 6.07) is 7.02. The normalized spacial score (nSPS) is 18.8. The maximum absolute atomic E-state index is 3.43. The topological polar surface area (TPSA) is 12.0 Å². The molecule has 0 spiro atoms. The summed E-state index contributed by atoms with van der Waals surface area (Å²) < 4.78 is 0. The third kappa shape index (κ3) is 3.35. The first kappa shape index (κ1) is 13.6. The molecule has 0 heterocycles. The van der Waals surface area contributed by atoms with Crippen LogP contribution in [0.3, 0.4) is 0 Å². The van der Waals surface area contributed by atoms with Gasteiger partial charge in [0.15, 0.2) is 0 Å². The van der Waals surface area contributed by atoms with Crippen LogP contribution in [0, 0.1) is 19.3 Å². The van der Waals surface area contributed by atoms with Gasteiger partial charge in [-0.15, -0.1) is 0 Å². The largest absolute Gasteiger partial charge is 0.319 e. The molecule has 0 aromatic heterocycles. The summed E-state index contributed by atoms with van der Waals surface area (Å²) in [5.74, 6) is 0. The predicted molar refractivity (Wildman–Crippen MR) is 79.1 cm³/mol. The molecule has 0 saturated heterocycles. The lowest BCUT2D eigenvalue weighted by molar-refractivity contribution is 0.185. The zero-order valence-corrected chi connectivity index (χ0v) is 12.2. The Labute approximate surface area is 112 Å². The highest BCUT2D eigenvalue weighted by Gasteiger charge is 2.31. The third-order valence-electron chi connectivity index (χ3n) is 4.33. The van der Waals surface area contributed by atoms with Crippen LogP contribution in [0.2, 0.25) is 0 Å². The number of aryl methyl sites for hydroxylation is 2. The minimum atomic E-state index is 0.507. The smallest absolute Gasteiger partial charge is 0.000799 e. The summed E-state index contributed by atoms with van der Waals surface area (Å²) in [6.07, 6.45) is 8.27. The van der Waals surface area contributed by atoms with Crippen LogP contribution in [0.5, 0.6) is 0 Å². The summed E-state index contributed by atoms with van der Waals surface area (Å²) in [4.78, 5) is 0. The van der Waals surface area contributed by atoms with Crippen molar-refractivity contribution >= 4 is 0 Å². The highest BCUT2D eigenvalue weighted by Crippen LogP contribution is 2.39. The Hall–Kier alpha value is -0.820. The average molecular weight is 245 g/mol. The molecule has 0 aliphatic heterocycles. The van der Waals surface area contributed by atoms with E-state index in [2.05, 4.69) is 44.4 Å². The molecule has 1 nitrogen and oxygen atoms in total. The van der Waals surface area contributed by atoms with Crippen molar-refractivity contribution in [1.29, 1.82) is 0 Å². The minimum Gasteiger partial charge on any atom is -0.319 e. The van der Waals surface area contributed by atoms with E-state index in [1.165, 1.54) is 61.8 Å². The lowest BCUT2D eigenvalue weighted by Gasteiger charge is -2.37. The first-order valence-electron chi connectivity index (χ1n) is 7.35. The molecule has 1 aliphatic carbocycles. The van der Waals surface area contributed by atoms with Crippen molar-refractivity contribution in [2.75, 3.05) is 13.6 Å². The van der Waals surface area contributed by atoms with Crippen LogP contribution in [0.1, 0.15) is 48.8 Å². The van der Waals surface area contributed by atoms with E-state index >= 15 is 0 Å². The van der Waals surface area contributed by atoms with Crippen molar-refractivity contribution in [3.63, 3.8) is 0 Å². The van der Waals surface area contributed by atoms with Crippen LogP contribution in [0.25, 0.3) is 0 Å². The van der Waals surface area contributed by atoms with Crippen LogP contribution < -0.4 is 5.32 Å². The first-order chi connectivity index (χ1) is 8.63. The van der Waals surface area contributed by atoms with E-state index in [1.807, 2.05) is 0 Å². The molecule has 1 aromatic carbocycles. The lowest BCUT2D eigenvalue weighted by atomic mass is 9.70. The van der Waals surface area contributed by atoms with Crippen molar-refractivity contribution in [2.45, 2.75) is 52.4 Å². The zero-order chi connectivity index (χ0) is 13.0. The monoisotopic (exact) mass is 245 g/mol. The van der Waals surface area contributed by atoms with Gasteiger partial charge in [-0.05, 0) is 51.1 Å². The third-order valence-corrected chi connectivity index (χ3v) is 4.33. The van der Waals surface area contributed by atoms with Gasteiger partial charge >= 0.3 is 0 Å². The molecule has 0 atom stereocenters. The molecular formula is C17H27N. The van der Waals surface area contributed by atoms with E-state index in [9.17, 15) is 0 Å². The Morgan fingerprint density at radius 3 is 2.17 bits per heavy atom. The minimum absolute atomic E-state index is 0.507. The first-order valence-corrected chi connectivity index (χ1v) is 7.35. The van der Waals surface area contributed by atoms with Crippen LogP contribution >= 0.6 is 0 Å². The van der Waals surface area contributed by atoms with Crippen molar-refractivity contribution in [1.82, 2.24) is 5.32 Å². The second-order valence-electron chi connectivity index (χ2n) is 6.26. The van der Waals surface area contributed by atoms with Gasteiger partial charge in [-0.1, -0.05) is 48.6 Å². The highest BCUT2D eigenvalue weighted by atomic mass is 14.8. The fourth-order valence-corrected chi connectivity index (χ4v) is 3.70. The second kappa shape index (κ2) is 5.88. The fourth-order valence-electron chi connectivity index (χ4n) is 3.70. The Kier molecular flexibility index (Phi) is 4.45. The van der Waals surface area contributed by atoms with Crippen molar-refractivity contribution in [3.8, 4) is 0 Å². The maximum atomic E-state index is 3.43. The molecule has 1 saturated carbocycles. The van der Waals surface area contributed by atoms with Crippen LogP contribution in [0.4, 0.5) is 0 Å². The Balaban J connectivity index is 2.17. The van der Waals surface area contributed by atoms with E-state index in [-0.39, 0.29) is 0 Å². The lowest BCUT2D eigenvalue weighted by Crippen LogP contribution is -2.36. The van der Waals surface area contributed by atoms with E-state index in [4.69, 9.17) is 0 Å². The molecule has 1 heteroatoms. The molecule has 1 N–H and O–H groups in total. The average Bonchev–Trinajstić information content (AvgIpc) is 2.28. The number of hydrogen-bond donors (Lipinski definition) is 1. The van der Waals surface area contributed by atoms with Gasteiger partial charge in [-0.2, -0.15) is 0 Å². The quantitative estimate of drug-likeness (QED) is 0.845. The predicted octanol–water partition coefficient (Wildman–Crippen LogP) is 4.02. The number of benzene rings is 1. The molecule has 0 radical (unpaired) electrons. The molecule has 2 rings (SSSR count). The van der Waals surface area contributed by atoms with Gasteiger partial charge in [-0.3, -0.25) is 0 Å². The molecule has 0 bridgehead atoms. The Morgan fingerprint density at radius 2 is 1.61 bits per heavy atom. The number of nitrogens with one attached hydrogen (secondary N) is 1. The molecule has 0 amide bonds. The summed E-state index contributed by atoms with van der Waals surface area (Å²) in [5.41, 5.74) is 4.85. The van der Waals surface area contributed by atoms with Crippen molar-refractivity contribution in [2.24, 2.45) is 5.41 Å². The van der Waals surface area contributed by atoms with Crippen molar-refractivity contribution < 1.29 is 0 Å². The van der Waals surface area contributed by atoms with Gasteiger partial charge in [0.05, 0.1) is 0 Å². The molecule has 1 aliphatic rings. The number of rotatable bonds is 4. The van der Waals surface area contributed by atoms with Crippen molar-refractivity contribution in [3.05, 3.63) is 34.9 Å². The zero-order valence-electron chi connectivity index (χ0n) is 12.2. The summed E-state index contributed by atoms with van der Waals surface area (Å²) >= 11 is 0. The van der Waals surface area contributed by atoms with E-state index in [1.54, 1.807) is 0 Å². The van der Waals surface area contributed by atoms with Crippen LogP contribution in [-0.2, 0) is 6.42 Å². The Morgan fingerprint density at radius 1 is 1.00 bits per heavy atom. The van der Waals surface area contributed by atoms with Gasteiger partial charge < -0.3 is 5.32 Å². The number of hydrogen-bond acceptors (Lipinski definition) is 1. The SMILES string of the molecule is CNCC1(Cc2cc(C)cc(C)c2)CCCCC1. The van der Waals surface area contributed by atoms with Gasteiger partial charge in [-0.25, -0.2) is 0 Å². The second-order valence-corrected chi connectivity index (χ2v) is 6.26. The summed E-state index contributed by atoms with van der Waals surface area (Å²) in [7, 11) is 2.10. The van der Waals surface area contributed by atoms with E-state index in [0.717, 1.165) is 0 Å². The Bertz CT molecular complexity index is 363. The summed E-state index contributed by atoms with van der Waals surface area (Å²) in [6.45, 7) is 5.59. The molecule has 100 valence electrons. The van der Waals surface area contributed by atoms with Gasteiger partial charge in [0, 0.05) is 6.54 Å². The van der Waals surface area contributed by atoms with Gasteiger partial charge in [0.25, 0.3) is 0 Å². The van der Waals surface area contributed by atoms with E-state index < -0.39 is 0 Å². The maximum Gasteiger partial charge on any atom is 0.000799 e. The highest BCUT2D eigenvalue weighted by molar-refractivity contribution is 5.29. The summed E-state index contributed by atoms with van der Waals surface area (Å²) in [5, 5.41) is 3.43. The molecule has 18 heavy (non-hydrogen) atoms. The van der Waals surface area contributed by atoms with Crippen LogP contribution in [-0.4, -0.2) is 13.6 Å². The van der Waals surface area contributed by atoms with Crippen LogP contribution in [0.15, 0.2) is 18.2 Å². The van der Waals surface area contributed by atoms with E-state index in [0.29, 0.717) is 5.41 Å².